The SMILES string of the molecule is CNc1cc(-n2nc(C)cc2Nc2cc(NC(=O)c3cc(CCCN(C)C)cc(C(F)(F)F)c3)ccc2C)ncn1. The second-order valence-corrected chi connectivity index (χ2v) is 10.0. The second kappa shape index (κ2) is 12.4. The molecule has 4 aromatic rings. The summed E-state index contributed by atoms with van der Waals surface area (Å²) in [7, 11) is 5.56. The molecule has 3 N–H and O–H groups in total. The summed E-state index contributed by atoms with van der Waals surface area (Å²) in [6, 6.07) is 12.4. The summed E-state index contributed by atoms with van der Waals surface area (Å²) in [6.07, 6.45) is -2.03. The minimum Gasteiger partial charge on any atom is -0.373 e. The highest BCUT2D eigenvalue weighted by Crippen LogP contribution is 2.32. The molecular weight excluding hydrogens is 533 g/mol. The number of nitrogens with zero attached hydrogens (tertiary/aromatic N) is 5. The van der Waals surface area contributed by atoms with Gasteiger partial charge in [-0.05, 0) is 88.8 Å². The van der Waals surface area contributed by atoms with Gasteiger partial charge in [-0.15, -0.1) is 0 Å². The van der Waals surface area contributed by atoms with Gasteiger partial charge in [0.2, 0.25) is 0 Å². The normalized spacial score (nSPS) is 11.5. The lowest BCUT2D eigenvalue weighted by atomic mass is 10.0. The molecule has 0 fully saturated rings. The Bertz CT molecular complexity index is 1530. The van der Waals surface area contributed by atoms with Gasteiger partial charge in [0.05, 0.1) is 11.3 Å². The molecule has 0 atom stereocenters. The molecule has 0 aliphatic heterocycles. The number of rotatable bonds is 10. The molecule has 9 nitrogen and oxygen atoms in total. The average Bonchev–Trinajstić information content (AvgIpc) is 3.29. The molecule has 0 aliphatic carbocycles. The van der Waals surface area contributed by atoms with E-state index in [4.69, 9.17) is 0 Å². The molecule has 0 unspecified atom stereocenters. The maximum absolute atomic E-state index is 13.6. The van der Waals surface area contributed by atoms with Crippen molar-refractivity contribution in [2.45, 2.75) is 32.9 Å². The van der Waals surface area contributed by atoms with Crippen LogP contribution in [0.3, 0.4) is 0 Å². The number of halogens is 3. The number of aryl methyl sites for hydroxylation is 3. The topological polar surface area (TPSA) is 100 Å². The van der Waals surface area contributed by atoms with Gasteiger partial charge < -0.3 is 20.9 Å². The number of carbonyl (C=O) groups excluding carboxylic acids is 1. The first-order valence-electron chi connectivity index (χ1n) is 13.0. The molecule has 2 aromatic carbocycles. The van der Waals surface area contributed by atoms with Crippen molar-refractivity contribution in [3.05, 3.63) is 82.8 Å². The van der Waals surface area contributed by atoms with Gasteiger partial charge in [0, 0.05) is 36.1 Å². The number of nitrogens with one attached hydrogen (secondary N) is 3. The fraction of sp³-hybridized carbons (Fsp3) is 0.310. The maximum atomic E-state index is 13.6. The van der Waals surface area contributed by atoms with Crippen molar-refractivity contribution in [3.63, 3.8) is 0 Å². The van der Waals surface area contributed by atoms with Crippen LogP contribution in [-0.4, -0.2) is 58.2 Å². The van der Waals surface area contributed by atoms with Crippen molar-refractivity contribution in [1.29, 1.82) is 0 Å². The minimum absolute atomic E-state index is 0.0486. The predicted octanol–water partition coefficient (Wildman–Crippen LogP) is 5.83. The maximum Gasteiger partial charge on any atom is 0.416 e. The van der Waals surface area contributed by atoms with Crippen LogP contribution in [0.5, 0.6) is 0 Å². The van der Waals surface area contributed by atoms with Crippen molar-refractivity contribution in [2.75, 3.05) is 43.6 Å². The Balaban J connectivity index is 1.58. The molecule has 0 aliphatic rings. The van der Waals surface area contributed by atoms with E-state index in [0.29, 0.717) is 47.2 Å². The third-order valence-corrected chi connectivity index (χ3v) is 6.37. The van der Waals surface area contributed by atoms with E-state index in [1.54, 1.807) is 29.9 Å². The van der Waals surface area contributed by atoms with E-state index < -0.39 is 17.6 Å². The van der Waals surface area contributed by atoms with E-state index in [9.17, 15) is 18.0 Å². The summed E-state index contributed by atoms with van der Waals surface area (Å²) in [5, 5.41) is 13.6. The number of benzene rings is 2. The van der Waals surface area contributed by atoms with E-state index in [2.05, 4.69) is 31.0 Å². The first-order chi connectivity index (χ1) is 19.4. The zero-order valence-electron chi connectivity index (χ0n) is 23.6. The zero-order chi connectivity index (χ0) is 29.7. The number of anilines is 4. The van der Waals surface area contributed by atoms with Gasteiger partial charge in [-0.1, -0.05) is 6.07 Å². The van der Waals surface area contributed by atoms with E-state index >= 15 is 0 Å². The Morgan fingerprint density at radius 2 is 1.80 bits per heavy atom. The molecule has 0 bridgehead atoms. The molecule has 1 amide bonds. The lowest BCUT2D eigenvalue weighted by Gasteiger charge is -2.15. The van der Waals surface area contributed by atoms with E-state index in [-0.39, 0.29) is 5.56 Å². The van der Waals surface area contributed by atoms with Gasteiger partial charge in [-0.2, -0.15) is 23.0 Å². The smallest absolute Gasteiger partial charge is 0.373 e. The van der Waals surface area contributed by atoms with Crippen LogP contribution in [0.2, 0.25) is 0 Å². The lowest BCUT2D eigenvalue weighted by Crippen LogP contribution is -2.16. The molecule has 2 aromatic heterocycles. The van der Waals surface area contributed by atoms with Gasteiger partial charge in [0.1, 0.15) is 18.0 Å². The molecule has 0 saturated heterocycles. The Hall–Kier alpha value is -4.45. The van der Waals surface area contributed by atoms with Crippen LogP contribution in [0.1, 0.15) is 39.2 Å². The quantitative estimate of drug-likeness (QED) is 0.222. The van der Waals surface area contributed by atoms with Crippen molar-refractivity contribution in [3.8, 4) is 5.82 Å². The van der Waals surface area contributed by atoms with Gasteiger partial charge in [-0.25, -0.2) is 9.97 Å². The molecule has 41 heavy (non-hydrogen) atoms. The Morgan fingerprint density at radius 3 is 2.51 bits per heavy atom. The van der Waals surface area contributed by atoms with Crippen LogP contribution < -0.4 is 16.0 Å². The minimum atomic E-state index is -4.56. The number of alkyl halides is 3. The van der Waals surface area contributed by atoms with Crippen LogP contribution in [-0.2, 0) is 12.6 Å². The zero-order valence-corrected chi connectivity index (χ0v) is 23.6. The van der Waals surface area contributed by atoms with Crippen LogP contribution in [0.4, 0.5) is 36.2 Å². The standard InChI is InChI=1S/C29H33F3N8O/c1-18-8-9-23(15-24(18)37-27-11-19(2)38-40(27)26-16-25(33-3)34-17-35-26)36-28(41)21-12-20(7-6-10-39(4)5)13-22(14-21)29(30,31)32/h8-9,11-17,37H,6-7,10H2,1-5H3,(H,36,41)(H,33,34,35). The Labute approximate surface area is 236 Å². The van der Waals surface area contributed by atoms with Crippen molar-refractivity contribution < 1.29 is 18.0 Å². The molecule has 216 valence electrons. The first kappa shape index (κ1) is 29.5. The first-order valence-corrected chi connectivity index (χ1v) is 13.0. The number of aromatic nitrogens is 4. The summed E-state index contributed by atoms with van der Waals surface area (Å²) >= 11 is 0. The van der Waals surface area contributed by atoms with E-state index in [1.807, 2.05) is 45.0 Å². The Kier molecular flexibility index (Phi) is 8.92. The second-order valence-electron chi connectivity index (χ2n) is 10.0. The van der Waals surface area contributed by atoms with Crippen LogP contribution in [0, 0.1) is 13.8 Å². The number of amides is 1. The van der Waals surface area contributed by atoms with Crippen molar-refractivity contribution in [1.82, 2.24) is 24.6 Å². The molecule has 12 heteroatoms. The molecule has 4 rings (SSSR count). The summed E-state index contributed by atoms with van der Waals surface area (Å²) in [5.41, 5.74) is 2.32. The fourth-order valence-corrected chi connectivity index (χ4v) is 4.27. The van der Waals surface area contributed by atoms with Gasteiger partial charge >= 0.3 is 6.18 Å². The molecule has 0 radical (unpaired) electrons. The van der Waals surface area contributed by atoms with Crippen molar-refractivity contribution >= 4 is 28.9 Å². The monoisotopic (exact) mass is 566 g/mol. The number of carbonyl (C=O) groups is 1. The third-order valence-electron chi connectivity index (χ3n) is 6.37. The highest BCUT2D eigenvalue weighted by Gasteiger charge is 2.31. The molecule has 0 saturated carbocycles. The summed E-state index contributed by atoms with van der Waals surface area (Å²) in [6.45, 7) is 4.48. The third kappa shape index (κ3) is 7.60. The largest absolute Gasteiger partial charge is 0.416 e. The molecular formula is C29H33F3N8O. The average molecular weight is 567 g/mol. The summed E-state index contributed by atoms with van der Waals surface area (Å²) in [4.78, 5) is 23.6. The fourth-order valence-electron chi connectivity index (χ4n) is 4.27. The Morgan fingerprint density at radius 1 is 1.02 bits per heavy atom. The molecule has 2 heterocycles. The van der Waals surface area contributed by atoms with Crippen LogP contribution >= 0.6 is 0 Å². The van der Waals surface area contributed by atoms with E-state index in [1.165, 1.54) is 12.4 Å². The van der Waals surface area contributed by atoms with Crippen LogP contribution in [0.15, 0.2) is 54.9 Å². The lowest BCUT2D eigenvalue weighted by molar-refractivity contribution is -0.137. The number of hydrogen-bond donors (Lipinski definition) is 3. The van der Waals surface area contributed by atoms with Crippen molar-refractivity contribution in [2.24, 2.45) is 0 Å². The van der Waals surface area contributed by atoms with Gasteiger partial charge in [0.15, 0.2) is 5.82 Å². The van der Waals surface area contributed by atoms with Gasteiger partial charge in [0.25, 0.3) is 5.91 Å². The molecule has 0 spiro atoms. The summed E-state index contributed by atoms with van der Waals surface area (Å²) < 4.78 is 42.5. The van der Waals surface area contributed by atoms with E-state index in [0.717, 1.165) is 29.9 Å². The highest BCUT2D eigenvalue weighted by molar-refractivity contribution is 6.04. The predicted molar refractivity (Wildman–Crippen MR) is 154 cm³/mol. The van der Waals surface area contributed by atoms with Crippen LogP contribution in [0.25, 0.3) is 5.82 Å². The number of hydrogen-bond acceptors (Lipinski definition) is 7. The van der Waals surface area contributed by atoms with Gasteiger partial charge in [-0.3, -0.25) is 4.79 Å². The highest BCUT2D eigenvalue weighted by atomic mass is 19.4. The summed E-state index contributed by atoms with van der Waals surface area (Å²) in [5.74, 6) is 1.19.